The first-order valence-electron chi connectivity index (χ1n) is 7.68. The normalized spacial score (nSPS) is 16.3. The predicted molar refractivity (Wildman–Crippen MR) is 84.9 cm³/mol. The summed E-state index contributed by atoms with van der Waals surface area (Å²) in [6.45, 7) is 3.34. The molecule has 1 atom stereocenters. The second-order valence-corrected chi connectivity index (χ2v) is 5.91. The minimum absolute atomic E-state index is 0.443. The van der Waals surface area contributed by atoms with Gasteiger partial charge in [-0.3, -0.25) is 0 Å². The zero-order chi connectivity index (χ0) is 13.8. The minimum atomic E-state index is 0.443. The van der Waals surface area contributed by atoms with Gasteiger partial charge in [-0.25, -0.2) is 0 Å². The molecule has 0 saturated heterocycles. The SMILES string of the molecule is CC(NCC(c1ccccc1)c1ccccc1)C1CC1. The molecule has 1 heteroatoms. The summed E-state index contributed by atoms with van der Waals surface area (Å²) in [6, 6.07) is 22.3. The molecule has 1 saturated carbocycles. The molecule has 1 aliphatic carbocycles. The number of nitrogens with one attached hydrogen (secondary N) is 1. The van der Waals surface area contributed by atoms with Crippen molar-refractivity contribution in [2.75, 3.05) is 6.54 Å². The maximum absolute atomic E-state index is 3.74. The van der Waals surface area contributed by atoms with Crippen molar-refractivity contribution in [3.05, 3.63) is 71.8 Å². The van der Waals surface area contributed by atoms with Crippen LogP contribution in [0.25, 0.3) is 0 Å². The largest absolute Gasteiger partial charge is 0.313 e. The average Bonchev–Trinajstić information content (AvgIpc) is 3.34. The van der Waals surface area contributed by atoms with Crippen LogP contribution < -0.4 is 5.32 Å². The Hall–Kier alpha value is -1.60. The van der Waals surface area contributed by atoms with Crippen molar-refractivity contribution in [2.24, 2.45) is 5.92 Å². The van der Waals surface area contributed by atoms with E-state index >= 15 is 0 Å². The number of benzene rings is 2. The van der Waals surface area contributed by atoms with Gasteiger partial charge in [-0.05, 0) is 36.8 Å². The van der Waals surface area contributed by atoms with Gasteiger partial charge in [-0.2, -0.15) is 0 Å². The summed E-state index contributed by atoms with van der Waals surface area (Å²) >= 11 is 0. The lowest BCUT2D eigenvalue weighted by atomic mass is 9.91. The van der Waals surface area contributed by atoms with Crippen molar-refractivity contribution in [2.45, 2.75) is 31.7 Å². The quantitative estimate of drug-likeness (QED) is 0.825. The van der Waals surface area contributed by atoms with E-state index in [1.807, 2.05) is 0 Å². The van der Waals surface area contributed by atoms with E-state index in [1.165, 1.54) is 24.0 Å². The minimum Gasteiger partial charge on any atom is -0.313 e. The van der Waals surface area contributed by atoms with Gasteiger partial charge >= 0.3 is 0 Å². The van der Waals surface area contributed by atoms with Gasteiger partial charge in [-0.15, -0.1) is 0 Å². The Balaban J connectivity index is 1.76. The van der Waals surface area contributed by atoms with Crippen molar-refractivity contribution in [1.29, 1.82) is 0 Å². The van der Waals surface area contributed by atoms with E-state index in [4.69, 9.17) is 0 Å². The third-order valence-corrected chi connectivity index (χ3v) is 4.38. The Kier molecular flexibility index (Phi) is 4.17. The fourth-order valence-electron chi connectivity index (χ4n) is 2.87. The van der Waals surface area contributed by atoms with E-state index in [0.29, 0.717) is 12.0 Å². The molecular formula is C19H23N. The lowest BCUT2D eigenvalue weighted by Crippen LogP contribution is -2.32. The van der Waals surface area contributed by atoms with Gasteiger partial charge in [-0.1, -0.05) is 60.7 Å². The van der Waals surface area contributed by atoms with E-state index in [9.17, 15) is 0 Å². The lowest BCUT2D eigenvalue weighted by molar-refractivity contribution is 0.484. The molecule has 1 aliphatic rings. The zero-order valence-electron chi connectivity index (χ0n) is 12.1. The van der Waals surface area contributed by atoms with Crippen molar-refractivity contribution < 1.29 is 0 Å². The molecule has 3 rings (SSSR count). The molecule has 0 bridgehead atoms. The highest BCUT2D eigenvalue weighted by Gasteiger charge is 2.28. The zero-order valence-corrected chi connectivity index (χ0v) is 12.1. The highest BCUT2D eigenvalue weighted by molar-refractivity contribution is 5.32. The average molecular weight is 265 g/mol. The highest BCUT2D eigenvalue weighted by atomic mass is 14.9. The van der Waals surface area contributed by atoms with E-state index in [1.54, 1.807) is 0 Å². The van der Waals surface area contributed by atoms with Crippen LogP contribution in [0.4, 0.5) is 0 Å². The van der Waals surface area contributed by atoms with Crippen LogP contribution in [0.3, 0.4) is 0 Å². The van der Waals surface area contributed by atoms with E-state index in [2.05, 4.69) is 72.9 Å². The third kappa shape index (κ3) is 3.29. The summed E-state index contributed by atoms with van der Waals surface area (Å²) in [6.07, 6.45) is 2.80. The summed E-state index contributed by atoms with van der Waals surface area (Å²) in [5, 5.41) is 3.74. The Morgan fingerprint density at radius 1 is 0.900 bits per heavy atom. The number of hydrogen-bond donors (Lipinski definition) is 1. The molecule has 0 spiro atoms. The molecule has 1 nitrogen and oxygen atoms in total. The first-order chi connectivity index (χ1) is 9.84. The van der Waals surface area contributed by atoms with Crippen molar-refractivity contribution in [1.82, 2.24) is 5.32 Å². The maximum Gasteiger partial charge on any atom is 0.0214 e. The van der Waals surface area contributed by atoms with Gasteiger partial charge in [0.05, 0.1) is 0 Å². The molecule has 0 amide bonds. The van der Waals surface area contributed by atoms with Gasteiger partial charge in [0.2, 0.25) is 0 Å². The molecule has 0 heterocycles. The summed E-state index contributed by atoms with van der Waals surface area (Å²) in [5.41, 5.74) is 2.79. The molecule has 0 aliphatic heterocycles. The first-order valence-corrected chi connectivity index (χ1v) is 7.68. The monoisotopic (exact) mass is 265 g/mol. The Bertz CT molecular complexity index is 476. The molecule has 1 unspecified atom stereocenters. The second kappa shape index (κ2) is 6.23. The van der Waals surface area contributed by atoms with Gasteiger partial charge in [0.1, 0.15) is 0 Å². The standard InChI is InChI=1S/C19H23N/c1-15(16-12-13-16)20-14-19(17-8-4-2-5-9-17)18-10-6-3-7-11-18/h2-11,15-16,19-20H,12-14H2,1H3. The molecule has 0 aromatic heterocycles. The van der Waals surface area contributed by atoms with Gasteiger partial charge < -0.3 is 5.32 Å². The summed E-state index contributed by atoms with van der Waals surface area (Å²) in [4.78, 5) is 0. The summed E-state index contributed by atoms with van der Waals surface area (Å²) in [5.74, 6) is 1.35. The van der Waals surface area contributed by atoms with Gasteiger partial charge in [0.25, 0.3) is 0 Å². The Morgan fingerprint density at radius 2 is 1.40 bits per heavy atom. The van der Waals surface area contributed by atoms with Crippen molar-refractivity contribution >= 4 is 0 Å². The van der Waals surface area contributed by atoms with Crippen LogP contribution in [0, 0.1) is 5.92 Å². The van der Waals surface area contributed by atoms with Gasteiger partial charge in [0, 0.05) is 18.5 Å². The number of hydrogen-bond acceptors (Lipinski definition) is 1. The van der Waals surface area contributed by atoms with Gasteiger partial charge in [0.15, 0.2) is 0 Å². The van der Waals surface area contributed by atoms with Crippen molar-refractivity contribution in [3.8, 4) is 0 Å². The van der Waals surface area contributed by atoms with Crippen LogP contribution in [0.15, 0.2) is 60.7 Å². The van der Waals surface area contributed by atoms with Crippen LogP contribution in [0.5, 0.6) is 0 Å². The van der Waals surface area contributed by atoms with Crippen LogP contribution in [-0.2, 0) is 0 Å². The van der Waals surface area contributed by atoms with Crippen LogP contribution in [0.1, 0.15) is 36.8 Å². The molecule has 1 fully saturated rings. The third-order valence-electron chi connectivity index (χ3n) is 4.38. The molecule has 1 N–H and O–H groups in total. The van der Waals surface area contributed by atoms with E-state index < -0.39 is 0 Å². The highest BCUT2D eigenvalue weighted by Crippen LogP contribution is 2.33. The smallest absolute Gasteiger partial charge is 0.0214 e. The fourth-order valence-corrected chi connectivity index (χ4v) is 2.87. The van der Waals surface area contributed by atoms with Crippen LogP contribution in [-0.4, -0.2) is 12.6 Å². The predicted octanol–water partition coefficient (Wildman–Crippen LogP) is 4.21. The van der Waals surface area contributed by atoms with Crippen LogP contribution in [0.2, 0.25) is 0 Å². The fraction of sp³-hybridized carbons (Fsp3) is 0.368. The van der Waals surface area contributed by atoms with E-state index in [0.717, 1.165) is 12.5 Å². The molecule has 104 valence electrons. The van der Waals surface area contributed by atoms with Crippen LogP contribution >= 0.6 is 0 Å². The maximum atomic E-state index is 3.74. The molecule has 0 radical (unpaired) electrons. The number of rotatable bonds is 6. The Labute approximate surface area is 122 Å². The molecular weight excluding hydrogens is 242 g/mol. The lowest BCUT2D eigenvalue weighted by Gasteiger charge is -2.21. The Morgan fingerprint density at radius 3 is 1.85 bits per heavy atom. The molecule has 2 aromatic rings. The topological polar surface area (TPSA) is 12.0 Å². The second-order valence-electron chi connectivity index (χ2n) is 5.91. The summed E-state index contributed by atoms with van der Waals surface area (Å²) < 4.78 is 0. The van der Waals surface area contributed by atoms with E-state index in [-0.39, 0.29) is 0 Å². The molecule has 20 heavy (non-hydrogen) atoms. The molecule has 2 aromatic carbocycles. The summed E-state index contributed by atoms with van der Waals surface area (Å²) in [7, 11) is 0. The van der Waals surface area contributed by atoms with Crippen molar-refractivity contribution in [3.63, 3.8) is 0 Å². The first kappa shape index (κ1) is 13.4.